The minimum Gasteiger partial charge on any atom is -0.478 e. The molecule has 6 nitrogen and oxygen atoms in total. The first kappa shape index (κ1) is 16.5. The topological polar surface area (TPSA) is 77.1 Å². The van der Waals surface area contributed by atoms with Crippen molar-refractivity contribution in [2.75, 3.05) is 0 Å². The Labute approximate surface area is 135 Å². The van der Waals surface area contributed by atoms with Crippen molar-refractivity contribution in [3.05, 3.63) is 49.2 Å². The maximum atomic E-state index is 12.7. The number of nitrogens with zero attached hydrogens (tertiary/aromatic N) is 3. The van der Waals surface area contributed by atoms with Gasteiger partial charge in [-0.2, -0.15) is 13.2 Å². The molecule has 0 saturated heterocycles. The van der Waals surface area contributed by atoms with Crippen LogP contribution in [0.2, 0.25) is 0 Å². The Hall–Kier alpha value is -1.85. The summed E-state index contributed by atoms with van der Waals surface area (Å²) in [5.41, 5.74) is -0.859. The largest absolute Gasteiger partial charge is 0.478 e. The molecule has 0 fully saturated rings. The molecule has 22 heavy (non-hydrogen) atoms. The fourth-order valence-corrected chi connectivity index (χ4v) is 2.46. The van der Waals surface area contributed by atoms with Gasteiger partial charge in [0.2, 0.25) is 5.82 Å². The molecule has 2 rings (SSSR count). The zero-order valence-electron chi connectivity index (χ0n) is 11.1. The lowest BCUT2D eigenvalue weighted by Gasteiger charge is -2.06. The number of benzene rings is 1. The van der Waals surface area contributed by atoms with Crippen LogP contribution in [0.1, 0.15) is 21.7 Å². The highest BCUT2D eigenvalue weighted by molar-refractivity contribution is 14.1. The van der Waals surface area contributed by atoms with E-state index in [0.29, 0.717) is 12.8 Å². The minimum atomic E-state index is -4.76. The third-order valence-corrected chi connectivity index (χ3v) is 3.58. The molecule has 0 unspecified atom stereocenters. The molecule has 0 saturated carbocycles. The van der Waals surface area contributed by atoms with Crippen molar-refractivity contribution in [1.82, 2.24) is 14.3 Å². The second-order valence-electron chi connectivity index (χ2n) is 4.43. The first-order valence-electron chi connectivity index (χ1n) is 5.84. The van der Waals surface area contributed by atoms with E-state index in [9.17, 15) is 22.8 Å². The van der Waals surface area contributed by atoms with E-state index in [2.05, 4.69) is 5.10 Å². The van der Waals surface area contributed by atoms with Gasteiger partial charge in [0.05, 0.1) is 12.1 Å². The fourth-order valence-electron chi connectivity index (χ4n) is 1.90. The van der Waals surface area contributed by atoms with E-state index in [0.717, 1.165) is 7.05 Å². The van der Waals surface area contributed by atoms with Crippen molar-refractivity contribution in [1.29, 1.82) is 0 Å². The number of carbonyl (C=O) groups is 1. The van der Waals surface area contributed by atoms with E-state index in [1.54, 1.807) is 6.07 Å². The monoisotopic (exact) mass is 427 g/mol. The lowest BCUT2D eigenvalue weighted by atomic mass is 10.1. The Morgan fingerprint density at radius 2 is 2.05 bits per heavy atom. The number of hydrogen-bond acceptors (Lipinski definition) is 3. The maximum Gasteiger partial charge on any atom is 0.451 e. The zero-order chi connectivity index (χ0) is 16.7. The molecule has 0 amide bonds. The van der Waals surface area contributed by atoms with Crippen LogP contribution in [0.25, 0.3) is 0 Å². The summed E-state index contributed by atoms with van der Waals surface area (Å²) < 4.78 is 39.8. The smallest absolute Gasteiger partial charge is 0.451 e. The van der Waals surface area contributed by atoms with Gasteiger partial charge in [-0.1, -0.05) is 0 Å². The Morgan fingerprint density at radius 3 is 2.55 bits per heavy atom. The predicted molar refractivity (Wildman–Crippen MR) is 77.7 cm³/mol. The molecule has 10 heteroatoms. The summed E-state index contributed by atoms with van der Waals surface area (Å²) in [5, 5.41) is 12.4. The van der Waals surface area contributed by atoms with E-state index in [1.807, 2.05) is 22.6 Å². The summed E-state index contributed by atoms with van der Waals surface area (Å²) in [6.07, 6.45) is -4.76. The maximum absolute atomic E-state index is 12.7. The second-order valence-corrected chi connectivity index (χ2v) is 5.67. The molecule has 0 atom stereocenters. The lowest BCUT2D eigenvalue weighted by Crippen LogP contribution is -2.25. The number of aromatic nitrogens is 3. The molecular weight excluding hydrogens is 418 g/mol. The van der Waals surface area contributed by atoms with E-state index < -0.39 is 23.7 Å². The van der Waals surface area contributed by atoms with E-state index >= 15 is 0 Å². The van der Waals surface area contributed by atoms with Crippen LogP contribution in [0.4, 0.5) is 13.2 Å². The van der Waals surface area contributed by atoms with Crippen LogP contribution in [0.3, 0.4) is 0 Å². The molecule has 0 aliphatic heterocycles. The van der Waals surface area contributed by atoms with Crippen molar-refractivity contribution in [3.63, 3.8) is 0 Å². The number of hydrogen-bond donors (Lipinski definition) is 1. The molecular formula is C12H9F3IN3O3. The van der Waals surface area contributed by atoms with Crippen LogP contribution in [0.15, 0.2) is 23.0 Å². The SMILES string of the molecule is Cn1c(C(F)(F)F)nn(Cc2cc(I)ccc2C(=O)O)c1=O. The zero-order valence-corrected chi connectivity index (χ0v) is 13.2. The Balaban J connectivity index is 2.51. The molecule has 1 N–H and O–H groups in total. The number of carboxylic acids is 1. The Kier molecular flexibility index (Phi) is 4.31. The Bertz CT molecular complexity index is 795. The molecule has 0 spiro atoms. The number of aromatic carboxylic acids is 1. The first-order valence-corrected chi connectivity index (χ1v) is 6.92. The third-order valence-electron chi connectivity index (χ3n) is 2.91. The summed E-state index contributed by atoms with van der Waals surface area (Å²) in [6, 6.07) is 4.37. The average molecular weight is 427 g/mol. The quantitative estimate of drug-likeness (QED) is 0.761. The Morgan fingerprint density at radius 1 is 1.41 bits per heavy atom. The molecule has 2 aromatic rings. The molecule has 0 radical (unpaired) electrons. The van der Waals surface area contributed by atoms with Crippen LogP contribution in [-0.2, 0) is 19.8 Å². The summed E-state index contributed by atoms with van der Waals surface area (Å²) in [5.74, 6) is -2.56. The van der Waals surface area contributed by atoms with E-state index in [1.165, 1.54) is 12.1 Å². The van der Waals surface area contributed by atoms with Crippen LogP contribution >= 0.6 is 22.6 Å². The standard InChI is InChI=1S/C12H9F3IN3O3/c1-18-10(12(13,14)15)17-19(11(18)22)5-6-4-7(16)2-3-8(6)9(20)21/h2-4H,5H2,1H3,(H,20,21). The molecule has 0 aliphatic rings. The molecule has 0 bridgehead atoms. The highest BCUT2D eigenvalue weighted by Gasteiger charge is 2.38. The highest BCUT2D eigenvalue weighted by atomic mass is 127. The van der Waals surface area contributed by atoms with Gasteiger partial charge >= 0.3 is 17.8 Å². The van der Waals surface area contributed by atoms with Gasteiger partial charge in [0.25, 0.3) is 0 Å². The number of halogens is 4. The van der Waals surface area contributed by atoms with E-state index in [-0.39, 0.29) is 17.7 Å². The van der Waals surface area contributed by atoms with Crippen molar-refractivity contribution in [2.24, 2.45) is 7.05 Å². The van der Waals surface area contributed by atoms with Gasteiger partial charge in [-0.3, -0.25) is 4.57 Å². The first-order chi connectivity index (χ1) is 10.1. The van der Waals surface area contributed by atoms with Crippen LogP contribution < -0.4 is 5.69 Å². The van der Waals surface area contributed by atoms with Gasteiger partial charge < -0.3 is 5.11 Å². The molecule has 1 heterocycles. The predicted octanol–water partition coefficient (Wildman–Crippen LogP) is 1.95. The van der Waals surface area contributed by atoms with Crippen molar-refractivity contribution in [2.45, 2.75) is 12.7 Å². The second kappa shape index (κ2) is 5.74. The van der Waals surface area contributed by atoms with Crippen LogP contribution in [0, 0.1) is 3.57 Å². The summed E-state index contributed by atoms with van der Waals surface area (Å²) in [4.78, 5) is 23.0. The highest BCUT2D eigenvalue weighted by Crippen LogP contribution is 2.26. The van der Waals surface area contributed by atoms with Gasteiger partial charge in [0.15, 0.2) is 0 Å². The fraction of sp³-hybridized carbons (Fsp3) is 0.250. The van der Waals surface area contributed by atoms with Crippen molar-refractivity contribution >= 4 is 28.6 Å². The summed E-state index contributed by atoms with van der Waals surface area (Å²) in [6.45, 7) is -0.360. The van der Waals surface area contributed by atoms with Crippen LogP contribution in [0.5, 0.6) is 0 Å². The summed E-state index contributed by atoms with van der Waals surface area (Å²) in [7, 11) is 0.960. The third kappa shape index (κ3) is 3.15. The van der Waals surface area contributed by atoms with Gasteiger partial charge in [-0.05, 0) is 46.4 Å². The molecule has 118 valence electrons. The van der Waals surface area contributed by atoms with Gasteiger partial charge in [0.1, 0.15) is 0 Å². The molecule has 0 aliphatic carbocycles. The van der Waals surface area contributed by atoms with Crippen molar-refractivity contribution < 1.29 is 23.1 Å². The average Bonchev–Trinajstić information content (AvgIpc) is 2.66. The van der Waals surface area contributed by atoms with Gasteiger partial charge in [-0.15, -0.1) is 5.10 Å². The molecule has 1 aromatic heterocycles. The minimum absolute atomic E-state index is 0.0912. The lowest BCUT2D eigenvalue weighted by molar-refractivity contribution is -0.147. The van der Waals surface area contributed by atoms with E-state index in [4.69, 9.17) is 5.11 Å². The van der Waals surface area contributed by atoms with Crippen LogP contribution in [-0.4, -0.2) is 25.4 Å². The number of rotatable bonds is 3. The van der Waals surface area contributed by atoms with Gasteiger partial charge in [0, 0.05) is 10.6 Å². The normalized spacial score (nSPS) is 11.7. The van der Waals surface area contributed by atoms with Crippen molar-refractivity contribution in [3.8, 4) is 0 Å². The number of alkyl halides is 3. The van der Waals surface area contributed by atoms with Gasteiger partial charge in [-0.25, -0.2) is 14.3 Å². The summed E-state index contributed by atoms with van der Waals surface area (Å²) >= 11 is 1.94. The molecule has 1 aromatic carbocycles. The number of carboxylic acid groups (broad SMARTS) is 1.